The number of nitrogens with zero attached hydrogens (tertiary/aromatic N) is 1. The zero-order valence-electron chi connectivity index (χ0n) is 14.2. The van der Waals surface area contributed by atoms with Crippen molar-refractivity contribution in [2.24, 2.45) is 11.1 Å². The van der Waals surface area contributed by atoms with Crippen molar-refractivity contribution in [3.05, 3.63) is 28.3 Å². The Morgan fingerprint density at radius 3 is 2.81 bits per heavy atom. The molecule has 1 saturated carbocycles. The van der Waals surface area contributed by atoms with Crippen LogP contribution in [0.3, 0.4) is 0 Å². The number of carbonyl (C=O) groups is 3. The molecule has 1 aromatic carbocycles. The Labute approximate surface area is 165 Å². The van der Waals surface area contributed by atoms with Crippen molar-refractivity contribution in [3.63, 3.8) is 0 Å². The molecule has 3 rings (SSSR count). The third-order valence-corrected chi connectivity index (χ3v) is 7.46. The van der Waals surface area contributed by atoms with Gasteiger partial charge in [-0.1, -0.05) is 16.8 Å². The molecule has 1 heterocycles. The maximum atomic E-state index is 12.8. The smallest absolute Gasteiger partial charge is 0.182 e. The zero-order chi connectivity index (χ0) is 18.7. The first-order valence-corrected chi connectivity index (χ1v) is 10.6. The van der Waals surface area contributed by atoms with Crippen LogP contribution in [-0.2, 0) is 20.8 Å². The molecule has 138 valence electrons. The molecular weight excluding hydrogens is 394 g/mol. The summed E-state index contributed by atoms with van der Waals surface area (Å²) >= 11 is 9.91. The molecule has 0 spiro atoms. The second-order valence-corrected chi connectivity index (χ2v) is 9.20. The standard InChI is InChI=1S/C18H18ClNO4S2/c1-24-20-7-8-25-15-9-11-14(26-15)6-5-10(17(11)19)18(23)16-12(21)3-2-4-13(16)22/h5-7,15-16H,2-4,8-9H2,1H3. The lowest BCUT2D eigenvalue weighted by atomic mass is 9.81. The minimum absolute atomic E-state index is 0.272. The van der Waals surface area contributed by atoms with E-state index < -0.39 is 11.7 Å². The molecule has 0 amide bonds. The number of hydrogen-bond donors (Lipinski definition) is 0. The van der Waals surface area contributed by atoms with Crippen LogP contribution in [0.25, 0.3) is 0 Å². The number of thioether (sulfide) groups is 2. The van der Waals surface area contributed by atoms with E-state index in [0.717, 1.165) is 16.9 Å². The highest BCUT2D eigenvalue weighted by atomic mass is 35.5. The number of oxime groups is 1. The molecule has 1 aliphatic carbocycles. The van der Waals surface area contributed by atoms with Gasteiger partial charge in [-0.3, -0.25) is 14.4 Å². The highest BCUT2D eigenvalue weighted by Crippen LogP contribution is 2.46. The van der Waals surface area contributed by atoms with Crippen LogP contribution in [0.15, 0.2) is 22.2 Å². The van der Waals surface area contributed by atoms with E-state index in [1.807, 2.05) is 6.07 Å². The van der Waals surface area contributed by atoms with Crippen molar-refractivity contribution < 1.29 is 19.2 Å². The molecule has 1 unspecified atom stereocenters. The molecule has 26 heavy (non-hydrogen) atoms. The van der Waals surface area contributed by atoms with E-state index in [9.17, 15) is 14.4 Å². The first-order valence-electron chi connectivity index (χ1n) is 8.27. The fourth-order valence-electron chi connectivity index (χ4n) is 3.15. The summed E-state index contributed by atoms with van der Waals surface area (Å²) in [7, 11) is 1.50. The van der Waals surface area contributed by atoms with Gasteiger partial charge in [0, 0.05) is 29.1 Å². The molecular formula is C18H18ClNO4S2. The van der Waals surface area contributed by atoms with E-state index in [2.05, 4.69) is 9.99 Å². The monoisotopic (exact) mass is 411 g/mol. The maximum absolute atomic E-state index is 12.8. The average molecular weight is 412 g/mol. The predicted molar refractivity (Wildman–Crippen MR) is 104 cm³/mol. The van der Waals surface area contributed by atoms with E-state index >= 15 is 0 Å². The van der Waals surface area contributed by atoms with Gasteiger partial charge in [0.15, 0.2) is 17.3 Å². The van der Waals surface area contributed by atoms with Gasteiger partial charge >= 0.3 is 0 Å². The summed E-state index contributed by atoms with van der Waals surface area (Å²) in [6.07, 6.45) is 3.51. The van der Waals surface area contributed by atoms with Crippen molar-refractivity contribution in [2.45, 2.75) is 35.2 Å². The maximum Gasteiger partial charge on any atom is 0.182 e. The zero-order valence-corrected chi connectivity index (χ0v) is 16.6. The Morgan fingerprint density at radius 2 is 2.12 bits per heavy atom. The quantitative estimate of drug-likeness (QED) is 0.307. The summed E-state index contributed by atoms with van der Waals surface area (Å²) in [4.78, 5) is 42.6. The fourth-order valence-corrected chi connectivity index (χ4v) is 6.01. The lowest BCUT2D eigenvalue weighted by Crippen LogP contribution is -2.35. The number of carbonyl (C=O) groups excluding carboxylic acids is 3. The third kappa shape index (κ3) is 4.00. The number of fused-ring (bicyclic) bond motifs is 1. The Balaban J connectivity index is 1.77. The van der Waals surface area contributed by atoms with Gasteiger partial charge in [0.2, 0.25) is 0 Å². The van der Waals surface area contributed by atoms with Gasteiger partial charge in [-0.05, 0) is 30.5 Å². The number of Topliss-reactive ketones (excluding diaryl/α,β-unsaturated/α-hetero) is 3. The van der Waals surface area contributed by atoms with Gasteiger partial charge in [-0.25, -0.2) is 0 Å². The van der Waals surface area contributed by atoms with Crippen LogP contribution in [0.1, 0.15) is 35.2 Å². The molecule has 0 aromatic heterocycles. The highest BCUT2D eigenvalue weighted by molar-refractivity contribution is 8.17. The Bertz CT molecular complexity index is 765. The molecule has 1 aromatic rings. The van der Waals surface area contributed by atoms with Crippen molar-refractivity contribution >= 4 is 58.7 Å². The van der Waals surface area contributed by atoms with Gasteiger partial charge in [0.05, 0.1) is 15.8 Å². The fraction of sp³-hybridized carbons (Fsp3) is 0.444. The van der Waals surface area contributed by atoms with Crippen LogP contribution < -0.4 is 0 Å². The van der Waals surface area contributed by atoms with Crippen molar-refractivity contribution in [2.75, 3.05) is 12.9 Å². The van der Waals surface area contributed by atoms with Gasteiger partial charge in [-0.2, -0.15) is 0 Å². The van der Waals surface area contributed by atoms with E-state index in [0.29, 0.717) is 17.2 Å². The van der Waals surface area contributed by atoms with Crippen LogP contribution in [-0.4, -0.2) is 41.0 Å². The van der Waals surface area contributed by atoms with Crippen molar-refractivity contribution in [1.29, 1.82) is 0 Å². The molecule has 0 bridgehead atoms. The molecule has 0 radical (unpaired) electrons. The Morgan fingerprint density at radius 1 is 1.38 bits per heavy atom. The molecule has 2 aliphatic rings. The number of halogens is 1. The number of benzene rings is 1. The van der Waals surface area contributed by atoms with Crippen molar-refractivity contribution in [3.8, 4) is 0 Å². The average Bonchev–Trinajstić information content (AvgIpc) is 3.03. The normalized spacial score (nSPS) is 20.6. The predicted octanol–water partition coefficient (Wildman–Crippen LogP) is 3.80. The largest absolute Gasteiger partial charge is 0.399 e. The van der Waals surface area contributed by atoms with E-state index in [1.54, 1.807) is 35.8 Å². The lowest BCUT2D eigenvalue weighted by molar-refractivity contribution is -0.133. The topological polar surface area (TPSA) is 72.8 Å². The Hall–Kier alpha value is -1.31. The minimum atomic E-state index is -1.18. The number of rotatable bonds is 6. The molecule has 8 heteroatoms. The van der Waals surface area contributed by atoms with Gasteiger partial charge in [0.1, 0.15) is 13.0 Å². The SMILES string of the molecule is CON=CCSC1Cc2c(ccc(C(=O)C3C(=O)CCCC3=O)c2Cl)S1. The molecule has 1 aliphatic heterocycles. The van der Waals surface area contributed by atoms with E-state index in [1.165, 1.54) is 7.11 Å². The highest BCUT2D eigenvalue weighted by Gasteiger charge is 2.38. The van der Waals surface area contributed by atoms with Crippen LogP contribution in [0, 0.1) is 5.92 Å². The lowest BCUT2D eigenvalue weighted by Gasteiger charge is -2.19. The summed E-state index contributed by atoms with van der Waals surface area (Å²) in [5, 5.41) is 4.09. The van der Waals surface area contributed by atoms with Crippen LogP contribution in [0.4, 0.5) is 0 Å². The summed E-state index contributed by atoms with van der Waals surface area (Å²) < 4.78 is 0.272. The van der Waals surface area contributed by atoms with Crippen LogP contribution >= 0.6 is 35.1 Å². The second-order valence-electron chi connectivity index (χ2n) is 6.04. The summed E-state index contributed by atoms with van der Waals surface area (Å²) in [6, 6.07) is 3.51. The first-order chi connectivity index (χ1) is 12.5. The van der Waals surface area contributed by atoms with Gasteiger partial charge in [0.25, 0.3) is 0 Å². The molecule has 1 atom stereocenters. The van der Waals surface area contributed by atoms with E-state index in [-0.39, 0.29) is 34.6 Å². The third-order valence-electron chi connectivity index (χ3n) is 4.38. The molecule has 0 saturated heterocycles. The second kappa shape index (κ2) is 8.59. The molecule has 0 N–H and O–H groups in total. The number of hydrogen-bond acceptors (Lipinski definition) is 7. The summed E-state index contributed by atoms with van der Waals surface area (Å²) in [6.45, 7) is 0. The van der Waals surface area contributed by atoms with Gasteiger partial charge < -0.3 is 4.84 Å². The Kier molecular flexibility index (Phi) is 6.42. The summed E-state index contributed by atoms with van der Waals surface area (Å²) in [5.74, 6) is -1.50. The van der Waals surface area contributed by atoms with Crippen molar-refractivity contribution in [1.82, 2.24) is 0 Å². The number of ketones is 3. The molecule has 1 fully saturated rings. The molecule has 5 nitrogen and oxygen atoms in total. The van der Waals surface area contributed by atoms with Crippen LogP contribution in [0.2, 0.25) is 5.02 Å². The minimum Gasteiger partial charge on any atom is -0.399 e. The van der Waals surface area contributed by atoms with Gasteiger partial charge in [-0.15, -0.1) is 23.5 Å². The first kappa shape index (κ1) is 19.5. The van der Waals surface area contributed by atoms with Crippen LogP contribution in [0.5, 0.6) is 0 Å². The van der Waals surface area contributed by atoms with E-state index in [4.69, 9.17) is 11.6 Å². The summed E-state index contributed by atoms with van der Waals surface area (Å²) in [5.41, 5.74) is 1.20.